The number of hydrogen-bond acceptors (Lipinski definition) is 4. The van der Waals surface area contributed by atoms with E-state index < -0.39 is 0 Å². The van der Waals surface area contributed by atoms with Crippen molar-refractivity contribution in [3.8, 4) is 0 Å². The van der Waals surface area contributed by atoms with E-state index >= 15 is 0 Å². The number of likely N-dealkylation sites (N-methyl/N-ethyl adjacent to an activating group) is 1. The number of benzene rings is 1. The van der Waals surface area contributed by atoms with Gasteiger partial charge < -0.3 is 10.1 Å². The largest absolute Gasteiger partial charge is 0.375 e. The van der Waals surface area contributed by atoms with E-state index in [1.54, 1.807) is 11.8 Å². The number of methoxy groups -OCH3 is 1. The van der Waals surface area contributed by atoms with Gasteiger partial charge in [-0.15, -0.1) is 5.10 Å². The predicted octanol–water partition coefficient (Wildman–Crippen LogP) is 1.33. The Labute approximate surface area is 113 Å². The third-order valence-corrected chi connectivity index (χ3v) is 3.20. The van der Waals surface area contributed by atoms with Crippen LogP contribution in [0, 0.1) is 0 Å². The van der Waals surface area contributed by atoms with Gasteiger partial charge in [0.25, 0.3) is 0 Å². The van der Waals surface area contributed by atoms with Gasteiger partial charge in [0.05, 0.1) is 11.8 Å². The summed E-state index contributed by atoms with van der Waals surface area (Å²) in [5.41, 5.74) is 2.12. The van der Waals surface area contributed by atoms with Gasteiger partial charge in [0, 0.05) is 32.8 Å². The van der Waals surface area contributed by atoms with Gasteiger partial charge in [-0.25, -0.2) is 0 Å². The monoisotopic (exact) mass is 260 g/mol. The third kappa shape index (κ3) is 3.39. The number of aryl methyl sites for hydroxylation is 1. The van der Waals surface area contributed by atoms with Crippen molar-refractivity contribution >= 4 is 0 Å². The summed E-state index contributed by atoms with van der Waals surface area (Å²) >= 11 is 0. The Morgan fingerprint density at radius 3 is 2.58 bits per heavy atom. The van der Waals surface area contributed by atoms with Crippen LogP contribution in [0.3, 0.4) is 0 Å². The molecular weight excluding hydrogens is 240 g/mol. The Morgan fingerprint density at radius 1 is 1.32 bits per heavy atom. The molecule has 0 aliphatic carbocycles. The SMILES string of the molecule is CNC(Cc1cn(C)nn1)C(OC)c1ccccc1. The van der Waals surface area contributed by atoms with Gasteiger partial charge in [0.2, 0.25) is 0 Å². The van der Waals surface area contributed by atoms with Gasteiger partial charge in [-0.05, 0) is 12.6 Å². The molecule has 0 saturated carbocycles. The van der Waals surface area contributed by atoms with Crippen LogP contribution < -0.4 is 5.32 Å². The fourth-order valence-electron chi connectivity index (χ4n) is 2.25. The molecule has 0 radical (unpaired) electrons. The van der Waals surface area contributed by atoms with Crippen LogP contribution in [0.1, 0.15) is 17.4 Å². The van der Waals surface area contributed by atoms with Gasteiger partial charge in [0.1, 0.15) is 0 Å². The third-order valence-electron chi connectivity index (χ3n) is 3.20. The molecule has 1 aromatic carbocycles. The molecule has 0 aliphatic rings. The number of rotatable bonds is 6. The van der Waals surface area contributed by atoms with Crippen molar-refractivity contribution in [2.24, 2.45) is 7.05 Å². The van der Waals surface area contributed by atoms with Crippen LogP contribution in [-0.4, -0.2) is 35.2 Å². The average Bonchev–Trinajstić information content (AvgIpc) is 2.85. The summed E-state index contributed by atoms with van der Waals surface area (Å²) in [4.78, 5) is 0. The fraction of sp³-hybridized carbons (Fsp3) is 0.429. The maximum Gasteiger partial charge on any atom is 0.0977 e. The quantitative estimate of drug-likeness (QED) is 0.851. The molecular formula is C14H20N4O. The number of nitrogens with one attached hydrogen (secondary N) is 1. The van der Waals surface area contributed by atoms with Crippen molar-refractivity contribution in [1.82, 2.24) is 20.3 Å². The van der Waals surface area contributed by atoms with Crippen LogP contribution in [0.2, 0.25) is 0 Å². The predicted molar refractivity (Wildman–Crippen MR) is 73.7 cm³/mol. The molecule has 19 heavy (non-hydrogen) atoms. The summed E-state index contributed by atoms with van der Waals surface area (Å²) in [6.07, 6.45) is 2.70. The minimum absolute atomic E-state index is 0.00629. The van der Waals surface area contributed by atoms with Crippen LogP contribution in [0.5, 0.6) is 0 Å². The molecule has 102 valence electrons. The summed E-state index contributed by atoms with van der Waals surface area (Å²) in [5.74, 6) is 0. The van der Waals surface area contributed by atoms with E-state index in [2.05, 4.69) is 27.8 Å². The Bertz CT molecular complexity index is 497. The van der Waals surface area contributed by atoms with Crippen molar-refractivity contribution in [1.29, 1.82) is 0 Å². The lowest BCUT2D eigenvalue weighted by molar-refractivity contribution is 0.0701. The number of nitrogens with zero attached hydrogens (tertiary/aromatic N) is 3. The van der Waals surface area contributed by atoms with Gasteiger partial charge in [-0.3, -0.25) is 4.68 Å². The summed E-state index contributed by atoms with van der Waals surface area (Å²) in [6.45, 7) is 0. The highest BCUT2D eigenvalue weighted by Crippen LogP contribution is 2.22. The summed E-state index contributed by atoms with van der Waals surface area (Å²) in [5, 5.41) is 11.4. The second kappa shape index (κ2) is 6.45. The molecule has 1 N–H and O–H groups in total. The minimum Gasteiger partial charge on any atom is -0.375 e. The molecule has 5 heteroatoms. The molecule has 0 aliphatic heterocycles. The van der Waals surface area contributed by atoms with Crippen LogP contribution >= 0.6 is 0 Å². The van der Waals surface area contributed by atoms with Crippen molar-refractivity contribution in [3.63, 3.8) is 0 Å². The Morgan fingerprint density at radius 2 is 2.05 bits per heavy atom. The van der Waals surface area contributed by atoms with E-state index in [1.807, 2.05) is 38.5 Å². The number of aromatic nitrogens is 3. The molecule has 0 amide bonds. The van der Waals surface area contributed by atoms with E-state index in [0.29, 0.717) is 0 Å². The number of ether oxygens (including phenoxy) is 1. The first-order valence-electron chi connectivity index (χ1n) is 6.34. The molecule has 0 fully saturated rings. The second-order valence-electron chi connectivity index (χ2n) is 4.55. The highest BCUT2D eigenvalue weighted by atomic mass is 16.5. The zero-order valence-electron chi connectivity index (χ0n) is 11.6. The molecule has 2 aromatic rings. The van der Waals surface area contributed by atoms with E-state index in [0.717, 1.165) is 17.7 Å². The molecule has 0 saturated heterocycles. The first-order chi connectivity index (χ1) is 9.24. The minimum atomic E-state index is -0.00629. The van der Waals surface area contributed by atoms with Crippen molar-refractivity contribution in [2.75, 3.05) is 14.2 Å². The highest BCUT2D eigenvalue weighted by Gasteiger charge is 2.22. The lowest BCUT2D eigenvalue weighted by atomic mass is 9.98. The van der Waals surface area contributed by atoms with Crippen LogP contribution in [0.4, 0.5) is 0 Å². The van der Waals surface area contributed by atoms with Crippen molar-refractivity contribution in [3.05, 3.63) is 47.8 Å². The smallest absolute Gasteiger partial charge is 0.0977 e. The second-order valence-corrected chi connectivity index (χ2v) is 4.55. The molecule has 2 rings (SSSR count). The van der Waals surface area contributed by atoms with Gasteiger partial charge in [0.15, 0.2) is 0 Å². The molecule has 5 nitrogen and oxygen atoms in total. The van der Waals surface area contributed by atoms with Crippen molar-refractivity contribution < 1.29 is 4.74 Å². The summed E-state index contributed by atoms with van der Waals surface area (Å²) in [7, 11) is 5.55. The van der Waals surface area contributed by atoms with E-state index in [4.69, 9.17) is 4.74 Å². The molecule has 2 atom stereocenters. The Hall–Kier alpha value is -1.72. The molecule has 0 spiro atoms. The van der Waals surface area contributed by atoms with Crippen molar-refractivity contribution in [2.45, 2.75) is 18.6 Å². The molecule has 1 aromatic heterocycles. The normalized spacial score (nSPS) is 14.3. The Kier molecular flexibility index (Phi) is 4.65. The fourth-order valence-corrected chi connectivity index (χ4v) is 2.25. The van der Waals surface area contributed by atoms with E-state index in [-0.39, 0.29) is 12.1 Å². The molecule has 2 unspecified atom stereocenters. The molecule has 1 heterocycles. The first-order valence-corrected chi connectivity index (χ1v) is 6.34. The molecule has 0 bridgehead atoms. The maximum absolute atomic E-state index is 5.65. The topological polar surface area (TPSA) is 52.0 Å². The zero-order chi connectivity index (χ0) is 13.7. The summed E-state index contributed by atoms with van der Waals surface area (Å²) < 4.78 is 7.37. The van der Waals surface area contributed by atoms with E-state index in [1.165, 1.54) is 0 Å². The maximum atomic E-state index is 5.65. The van der Waals surface area contributed by atoms with Gasteiger partial charge in [-0.1, -0.05) is 35.5 Å². The average molecular weight is 260 g/mol. The zero-order valence-corrected chi connectivity index (χ0v) is 11.6. The Balaban J connectivity index is 2.15. The lowest BCUT2D eigenvalue weighted by Crippen LogP contribution is -2.35. The van der Waals surface area contributed by atoms with Crippen LogP contribution in [0.15, 0.2) is 36.5 Å². The highest BCUT2D eigenvalue weighted by molar-refractivity contribution is 5.20. The van der Waals surface area contributed by atoms with Gasteiger partial charge >= 0.3 is 0 Å². The summed E-state index contributed by atoms with van der Waals surface area (Å²) in [6, 6.07) is 10.4. The van der Waals surface area contributed by atoms with Crippen LogP contribution in [0.25, 0.3) is 0 Å². The standard InChI is InChI=1S/C14H20N4O/c1-15-13(9-12-10-18(2)17-16-12)14(19-3)11-7-5-4-6-8-11/h4-8,10,13-15H,9H2,1-3H3. The van der Waals surface area contributed by atoms with Gasteiger partial charge in [-0.2, -0.15) is 0 Å². The van der Waals surface area contributed by atoms with Crippen LogP contribution in [-0.2, 0) is 18.2 Å². The lowest BCUT2D eigenvalue weighted by Gasteiger charge is -2.25. The first kappa shape index (κ1) is 13.7. The number of hydrogen-bond donors (Lipinski definition) is 1. The van der Waals surface area contributed by atoms with E-state index in [9.17, 15) is 0 Å².